The van der Waals surface area contributed by atoms with Crippen molar-refractivity contribution in [2.45, 2.75) is 33.8 Å². The van der Waals surface area contributed by atoms with Gasteiger partial charge in [0.05, 0.1) is 24.7 Å². The van der Waals surface area contributed by atoms with Crippen LogP contribution in [0.25, 0.3) is 16.7 Å². The number of hydrogen-bond acceptors (Lipinski definition) is 8. The summed E-state index contributed by atoms with van der Waals surface area (Å²) in [5.41, 5.74) is 2.22. The number of aliphatic hydroxyl groups is 1. The number of pyridine rings is 1. The van der Waals surface area contributed by atoms with E-state index in [1.807, 2.05) is 20.8 Å². The monoisotopic (exact) mass is 497 g/mol. The van der Waals surface area contributed by atoms with Gasteiger partial charge in [-0.15, -0.1) is 0 Å². The van der Waals surface area contributed by atoms with Crippen molar-refractivity contribution in [1.29, 1.82) is 5.41 Å². The van der Waals surface area contributed by atoms with Gasteiger partial charge in [0.2, 0.25) is 5.95 Å². The second-order valence-corrected chi connectivity index (χ2v) is 9.57. The minimum Gasteiger partial charge on any atom is -0.450 e. The van der Waals surface area contributed by atoms with Gasteiger partial charge in [0.15, 0.2) is 17.1 Å². The maximum Gasteiger partial charge on any atom is 0.210 e. The molecule has 0 unspecified atom stereocenters. The number of amidine groups is 1. The molecular weight excluding hydrogens is 470 g/mol. The number of anilines is 1. The van der Waals surface area contributed by atoms with Crippen LogP contribution in [-0.2, 0) is 7.05 Å². The van der Waals surface area contributed by atoms with Gasteiger partial charge in [-0.2, -0.15) is 10.1 Å². The highest BCUT2D eigenvalue weighted by Gasteiger charge is 2.20. The highest BCUT2D eigenvalue weighted by molar-refractivity contribution is 6.36. The molecule has 0 aliphatic heterocycles. The molecule has 4 aromatic rings. The van der Waals surface area contributed by atoms with Crippen molar-refractivity contribution in [3.8, 4) is 11.5 Å². The van der Waals surface area contributed by atoms with Gasteiger partial charge in [0, 0.05) is 37.1 Å². The fraction of sp³-hybridized carbons (Fsp3) is 0.348. The summed E-state index contributed by atoms with van der Waals surface area (Å²) in [6.07, 6.45) is 9.27. The summed E-state index contributed by atoms with van der Waals surface area (Å²) < 4.78 is 9.36. The molecule has 35 heavy (non-hydrogen) atoms. The van der Waals surface area contributed by atoms with Gasteiger partial charge < -0.3 is 25.0 Å². The van der Waals surface area contributed by atoms with Gasteiger partial charge >= 0.3 is 0 Å². The molecule has 1 atom stereocenters. The molecule has 4 aromatic heterocycles. The topological polar surface area (TPSA) is 138 Å². The molecule has 4 rings (SSSR count). The van der Waals surface area contributed by atoms with Crippen LogP contribution in [0.4, 0.5) is 5.95 Å². The summed E-state index contributed by atoms with van der Waals surface area (Å²) in [5.74, 6) is 1.36. The van der Waals surface area contributed by atoms with Crippen LogP contribution >= 0.6 is 11.6 Å². The molecule has 4 N–H and O–H groups in total. The zero-order valence-electron chi connectivity index (χ0n) is 20.2. The second kappa shape index (κ2) is 9.51. The van der Waals surface area contributed by atoms with Crippen LogP contribution in [0.5, 0.6) is 11.5 Å². The Kier molecular flexibility index (Phi) is 6.64. The Morgan fingerprint density at radius 2 is 2.06 bits per heavy atom. The van der Waals surface area contributed by atoms with Crippen LogP contribution in [0.15, 0.2) is 42.8 Å². The average molecular weight is 498 g/mol. The van der Waals surface area contributed by atoms with Crippen molar-refractivity contribution < 1.29 is 9.84 Å². The van der Waals surface area contributed by atoms with E-state index in [-0.39, 0.29) is 11.3 Å². The lowest BCUT2D eigenvalue weighted by molar-refractivity contribution is 0.192. The summed E-state index contributed by atoms with van der Waals surface area (Å²) in [6.45, 7) is 8.18. The second-order valence-electron chi connectivity index (χ2n) is 9.20. The minimum atomic E-state index is -0.510. The summed E-state index contributed by atoms with van der Waals surface area (Å²) in [4.78, 5) is 13.0. The molecule has 0 fully saturated rings. The third kappa shape index (κ3) is 5.20. The lowest BCUT2D eigenvalue weighted by atomic mass is 9.91. The predicted molar refractivity (Wildman–Crippen MR) is 135 cm³/mol. The standard InChI is InChI=1S/C23H28ClN9O2/c1-13(34)9-27-17(23(2,3)4)8-18(25)30-22-31-21-20(32(22)5)19(24)16(11-28-21)35-15-12-29-33-7-6-26-10-14(15)33/h6-8,10-13,27,34H,9H2,1-5H3,(H2,25,28,30,31)/b17-8-/t13-/m1/s1. The van der Waals surface area contributed by atoms with Crippen molar-refractivity contribution in [2.24, 2.45) is 12.5 Å². The number of halogens is 1. The van der Waals surface area contributed by atoms with E-state index >= 15 is 0 Å². The van der Waals surface area contributed by atoms with Crippen molar-refractivity contribution in [3.05, 3.63) is 47.8 Å². The molecule has 0 spiro atoms. The number of hydrogen-bond donors (Lipinski definition) is 4. The van der Waals surface area contributed by atoms with Gasteiger partial charge in [-0.05, 0) is 13.0 Å². The van der Waals surface area contributed by atoms with Gasteiger partial charge in [-0.3, -0.25) is 10.4 Å². The summed E-state index contributed by atoms with van der Waals surface area (Å²) in [5, 5.41) is 28.9. The summed E-state index contributed by atoms with van der Waals surface area (Å²) >= 11 is 6.68. The molecular formula is C23H28ClN9O2. The first-order valence-electron chi connectivity index (χ1n) is 11.0. The fourth-order valence-electron chi connectivity index (χ4n) is 3.40. The molecule has 11 nitrogen and oxygen atoms in total. The zero-order valence-corrected chi connectivity index (χ0v) is 20.9. The number of rotatable bonds is 7. The Hall–Kier alpha value is -3.70. The maximum absolute atomic E-state index is 9.62. The van der Waals surface area contributed by atoms with E-state index < -0.39 is 6.10 Å². The van der Waals surface area contributed by atoms with E-state index in [9.17, 15) is 5.11 Å². The number of aromatic nitrogens is 6. The first-order valence-corrected chi connectivity index (χ1v) is 11.4. The average Bonchev–Trinajstić information content (AvgIpc) is 3.33. The molecule has 4 heterocycles. The molecule has 0 aliphatic carbocycles. The molecule has 0 saturated carbocycles. The SMILES string of the molecule is C[C@@H](O)CN/C(=C\C(=N)Nc1nc2ncc(Oc3cnn4ccncc34)c(Cl)c2n1C)C(C)(C)C. The fourth-order valence-corrected chi connectivity index (χ4v) is 3.70. The number of imidazole rings is 1. The minimum absolute atomic E-state index is 0.123. The quantitative estimate of drug-likeness (QED) is 0.224. The summed E-state index contributed by atoms with van der Waals surface area (Å²) in [7, 11) is 1.78. The van der Waals surface area contributed by atoms with Crippen molar-refractivity contribution in [1.82, 2.24) is 34.4 Å². The first kappa shape index (κ1) is 24.4. The lowest BCUT2D eigenvalue weighted by Crippen LogP contribution is -2.31. The van der Waals surface area contributed by atoms with Gasteiger partial charge in [0.1, 0.15) is 21.9 Å². The van der Waals surface area contributed by atoms with E-state index in [1.165, 1.54) is 6.20 Å². The van der Waals surface area contributed by atoms with Crippen LogP contribution in [0.1, 0.15) is 27.7 Å². The predicted octanol–water partition coefficient (Wildman–Crippen LogP) is 3.75. The number of nitrogens with one attached hydrogen (secondary N) is 3. The molecule has 184 valence electrons. The number of aryl methyl sites for hydroxylation is 1. The Morgan fingerprint density at radius 3 is 2.77 bits per heavy atom. The van der Waals surface area contributed by atoms with Gasteiger partial charge in [0.25, 0.3) is 0 Å². The van der Waals surface area contributed by atoms with E-state index in [0.717, 1.165) is 5.70 Å². The van der Waals surface area contributed by atoms with E-state index in [0.29, 0.717) is 45.7 Å². The Morgan fingerprint density at radius 1 is 1.29 bits per heavy atom. The van der Waals surface area contributed by atoms with Crippen LogP contribution in [0.3, 0.4) is 0 Å². The molecule has 0 radical (unpaired) electrons. The Bertz CT molecular complexity index is 1420. The molecule has 0 aliphatic rings. The van der Waals surface area contributed by atoms with Crippen molar-refractivity contribution in [3.63, 3.8) is 0 Å². The van der Waals surface area contributed by atoms with Crippen molar-refractivity contribution >= 4 is 40.1 Å². The zero-order chi connectivity index (χ0) is 25.3. The normalized spacial score (nSPS) is 13.3. The summed E-state index contributed by atoms with van der Waals surface area (Å²) in [6, 6.07) is 0. The number of fused-ring (bicyclic) bond motifs is 2. The van der Waals surface area contributed by atoms with Crippen molar-refractivity contribution in [2.75, 3.05) is 11.9 Å². The number of ether oxygens (including phenoxy) is 1. The Labute approximate surface area is 207 Å². The van der Waals surface area contributed by atoms with Crippen LogP contribution < -0.4 is 15.4 Å². The molecule has 0 saturated heterocycles. The van der Waals surface area contributed by atoms with Gasteiger partial charge in [-0.25, -0.2) is 9.50 Å². The highest BCUT2D eigenvalue weighted by atomic mass is 35.5. The van der Waals surface area contributed by atoms with Gasteiger partial charge in [-0.1, -0.05) is 32.4 Å². The van der Waals surface area contributed by atoms with E-state index in [1.54, 1.807) is 53.9 Å². The van der Waals surface area contributed by atoms with Crippen LogP contribution in [0, 0.1) is 10.8 Å². The largest absolute Gasteiger partial charge is 0.450 e. The molecule has 0 amide bonds. The molecule has 0 bridgehead atoms. The van der Waals surface area contributed by atoms with Crippen LogP contribution in [-0.4, -0.2) is 52.7 Å². The highest BCUT2D eigenvalue weighted by Crippen LogP contribution is 2.36. The first-order chi connectivity index (χ1) is 16.5. The third-order valence-electron chi connectivity index (χ3n) is 5.25. The number of allylic oxidation sites excluding steroid dienone is 1. The molecule has 12 heteroatoms. The van der Waals surface area contributed by atoms with E-state index in [4.69, 9.17) is 21.7 Å². The number of aliphatic hydroxyl groups excluding tert-OH is 1. The number of nitrogens with zero attached hydrogens (tertiary/aromatic N) is 6. The van der Waals surface area contributed by atoms with E-state index in [2.05, 4.69) is 30.7 Å². The molecule has 0 aromatic carbocycles. The Balaban J connectivity index is 1.61. The van der Waals surface area contributed by atoms with Crippen LogP contribution in [0.2, 0.25) is 5.02 Å². The third-order valence-corrected chi connectivity index (χ3v) is 5.61. The lowest BCUT2D eigenvalue weighted by Gasteiger charge is -2.25. The smallest absolute Gasteiger partial charge is 0.210 e. The maximum atomic E-state index is 9.62.